The summed E-state index contributed by atoms with van der Waals surface area (Å²) < 4.78 is 19.2. The average molecular weight is 843 g/mol. The van der Waals surface area contributed by atoms with Gasteiger partial charge >= 0.3 is 0 Å². The molecule has 5 heterocycles. The van der Waals surface area contributed by atoms with Gasteiger partial charge < -0.3 is 29.8 Å². The standard InChI is InChI=1S/C41H41Cl2N9O5S/c1-22-23(2)58-40-35(22)37(26-7-11-27(42)12-8-26)46-32(39-51-50-24(3)52(39)40)20-33(53)44-15-17-55-21-34(54)45-16-18-56-28-13-9-25(10-14-28)36-30(43)19-31-38(48-36)49-41(47-31)57-29-5-4-6-29/h7-14,19,29,32H,4-6,15-18,20-21H2,1-3H3,(H,44,53)(H,45,54)(H,47,48,49)/t32-/m0/s1. The monoisotopic (exact) mass is 841 g/mol. The zero-order chi connectivity index (χ0) is 40.3. The number of hydrogen-bond acceptors (Lipinski definition) is 11. The SMILES string of the molecule is Cc1sc2c(c1C)C(c1ccc(Cl)cc1)=N[C@@H](CC(=O)NCCOCC(=O)NCCOc1ccc(-c3nc4nc(OC5CCC5)[nH]c4cc3Cl)cc1)c1nnc(C)n1-2. The molecular weight excluding hydrogens is 801 g/mol. The van der Waals surface area contributed by atoms with Crippen molar-refractivity contribution in [2.75, 3.05) is 32.9 Å². The molecular formula is C41H41Cl2N9O5S. The minimum Gasteiger partial charge on any atom is -0.492 e. The summed E-state index contributed by atoms with van der Waals surface area (Å²) >= 11 is 14.4. The van der Waals surface area contributed by atoms with Gasteiger partial charge in [-0.15, -0.1) is 21.5 Å². The zero-order valence-electron chi connectivity index (χ0n) is 32.1. The van der Waals surface area contributed by atoms with E-state index < -0.39 is 6.04 Å². The molecule has 2 amide bonds. The number of hydrogen-bond donors (Lipinski definition) is 3. The van der Waals surface area contributed by atoms with E-state index in [2.05, 4.69) is 49.6 Å². The number of ether oxygens (including phenoxy) is 3. The van der Waals surface area contributed by atoms with Gasteiger partial charge in [-0.2, -0.15) is 4.98 Å². The molecule has 8 rings (SSSR count). The van der Waals surface area contributed by atoms with E-state index in [1.807, 2.05) is 60.0 Å². The first kappa shape index (κ1) is 39.5. The third kappa shape index (κ3) is 8.58. The van der Waals surface area contributed by atoms with E-state index in [0.717, 1.165) is 51.6 Å². The fourth-order valence-corrected chi connectivity index (χ4v) is 8.33. The van der Waals surface area contributed by atoms with Crippen LogP contribution in [-0.2, 0) is 14.3 Å². The summed E-state index contributed by atoms with van der Waals surface area (Å²) in [4.78, 5) is 44.2. The maximum absolute atomic E-state index is 13.2. The van der Waals surface area contributed by atoms with Crippen LogP contribution >= 0.6 is 34.5 Å². The fraction of sp³-hybridized carbons (Fsp3) is 0.341. The number of thiophene rings is 1. The van der Waals surface area contributed by atoms with Crippen molar-refractivity contribution in [1.29, 1.82) is 0 Å². The molecule has 4 aromatic heterocycles. The number of carbonyl (C=O) groups is 2. The minimum atomic E-state index is -0.587. The Morgan fingerprint density at radius 2 is 1.67 bits per heavy atom. The summed E-state index contributed by atoms with van der Waals surface area (Å²) in [6.07, 6.45) is 3.49. The van der Waals surface area contributed by atoms with Gasteiger partial charge in [-0.25, -0.2) is 4.98 Å². The molecule has 0 unspecified atom stereocenters. The number of aliphatic imine (C=N–C) groups is 1. The van der Waals surface area contributed by atoms with Crippen molar-refractivity contribution in [1.82, 2.24) is 40.3 Å². The zero-order valence-corrected chi connectivity index (χ0v) is 34.4. The van der Waals surface area contributed by atoms with Gasteiger partial charge in [0.05, 0.1) is 41.5 Å². The van der Waals surface area contributed by atoms with Gasteiger partial charge in [0, 0.05) is 33.1 Å². The van der Waals surface area contributed by atoms with Crippen molar-refractivity contribution in [3.8, 4) is 28.0 Å². The number of rotatable bonds is 15. The number of H-pyrrole nitrogens is 1. The summed E-state index contributed by atoms with van der Waals surface area (Å²) in [7, 11) is 0. The van der Waals surface area contributed by atoms with Crippen LogP contribution in [0.15, 0.2) is 59.6 Å². The molecule has 1 aliphatic heterocycles. The Labute approximate surface area is 348 Å². The average Bonchev–Trinajstić information content (AvgIpc) is 3.84. The number of amides is 2. The molecule has 300 valence electrons. The first-order valence-electron chi connectivity index (χ1n) is 19.0. The Morgan fingerprint density at radius 1 is 0.931 bits per heavy atom. The van der Waals surface area contributed by atoms with Gasteiger partial charge in [-0.05, 0) is 88.1 Å². The Balaban J connectivity index is 0.777. The molecule has 2 aromatic carbocycles. The smallest absolute Gasteiger partial charge is 0.296 e. The molecule has 6 aromatic rings. The van der Waals surface area contributed by atoms with E-state index in [4.69, 9.17) is 42.4 Å². The lowest BCUT2D eigenvalue weighted by Crippen LogP contribution is -2.33. The first-order valence-corrected chi connectivity index (χ1v) is 20.6. The van der Waals surface area contributed by atoms with E-state index in [9.17, 15) is 9.59 Å². The Kier molecular flexibility index (Phi) is 11.7. The van der Waals surface area contributed by atoms with Gasteiger partial charge in [0.1, 0.15) is 41.9 Å². The number of benzene rings is 2. The highest BCUT2D eigenvalue weighted by Crippen LogP contribution is 2.40. The lowest BCUT2D eigenvalue weighted by Gasteiger charge is -2.24. The third-order valence-electron chi connectivity index (χ3n) is 10.1. The normalized spacial score (nSPS) is 14.9. The summed E-state index contributed by atoms with van der Waals surface area (Å²) in [5, 5.41) is 16.6. The highest BCUT2D eigenvalue weighted by molar-refractivity contribution is 7.15. The van der Waals surface area contributed by atoms with Crippen molar-refractivity contribution in [2.45, 2.75) is 58.6 Å². The molecule has 1 aliphatic carbocycles. The summed E-state index contributed by atoms with van der Waals surface area (Å²) in [6.45, 7) is 6.81. The summed E-state index contributed by atoms with van der Waals surface area (Å²) in [5.74, 6) is 1.42. The minimum absolute atomic E-state index is 0.0494. The van der Waals surface area contributed by atoms with E-state index in [1.54, 1.807) is 17.4 Å². The third-order valence-corrected chi connectivity index (χ3v) is 11.8. The molecule has 0 bridgehead atoms. The largest absolute Gasteiger partial charge is 0.492 e. The quantitative estimate of drug-likeness (QED) is 0.0918. The number of fused-ring (bicyclic) bond motifs is 4. The van der Waals surface area contributed by atoms with Crippen LogP contribution in [-0.4, -0.2) is 86.3 Å². The van der Waals surface area contributed by atoms with Crippen LogP contribution in [0.4, 0.5) is 0 Å². The molecule has 1 atom stereocenters. The van der Waals surface area contributed by atoms with Crippen molar-refractivity contribution in [2.24, 2.45) is 4.99 Å². The second-order valence-electron chi connectivity index (χ2n) is 14.1. The molecule has 0 spiro atoms. The molecule has 2 aliphatic rings. The van der Waals surface area contributed by atoms with Crippen molar-refractivity contribution >= 4 is 63.2 Å². The molecule has 1 fully saturated rings. The number of imidazole rings is 1. The van der Waals surface area contributed by atoms with Gasteiger partial charge in [0.15, 0.2) is 11.5 Å². The molecule has 14 nitrogen and oxygen atoms in total. The predicted molar refractivity (Wildman–Crippen MR) is 223 cm³/mol. The molecule has 58 heavy (non-hydrogen) atoms. The molecule has 0 radical (unpaired) electrons. The number of halogens is 2. The van der Waals surface area contributed by atoms with Crippen LogP contribution in [0.25, 0.3) is 27.4 Å². The maximum atomic E-state index is 13.2. The summed E-state index contributed by atoms with van der Waals surface area (Å²) in [6, 6.07) is 16.6. The van der Waals surface area contributed by atoms with Crippen LogP contribution in [0.5, 0.6) is 11.8 Å². The second-order valence-corrected chi connectivity index (χ2v) is 16.2. The van der Waals surface area contributed by atoms with E-state index in [-0.39, 0.29) is 57.2 Å². The molecule has 17 heteroatoms. The van der Waals surface area contributed by atoms with Gasteiger partial charge in [-0.1, -0.05) is 35.3 Å². The van der Waals surface area contributed by atoms with Gasteiger partial charge in [0.2, 0.25) is 11.8 Å². The van der Waals surface area contributed by atoms with Crippen molar-refractivity contribution in [3.63, 3.8) is 0 Å². The maximum Gasteiger partial charge on any atom is 0.296 e. The van der Waals surface area contributed by atoms with E-state index >= 15 is 0 Å². The molecule has 1 saturated carbocycles. The molecule has 3 N–H and O–H groups in total. The summed E-state index contributed by atoms with van der Waals surface area (Å²) in [5.41, 5.74) is 6.46. The topological polar surface area (TPSA) is 171 Å². The number of pyridine rings is 1. The molecule has 0 saturated heterocycles. The Morgan fingerprint density at radius 3 is 2.43 bits per heavy atom. The van der Waals surface area contributed by atoms with E-state index in [1.165, 1.54) is 11.3 Å². The van der Waals surface area contributed by atoms with Gasteiger partial charge in [-0.3, -0.25) is 19.1 Å². The van der Waals surface area contributed by atoms with Crippen LogP contribution in [0.1, 0.15) is 64.9 Å². The van der Waals surface area contributed by atoms with E-state index in [0.29, 0.717) is 44.5 Å². The van der Waals surface area contributed by atoms with Crippen molar-refractivity contribution in [3.05, 3.63) is 97.9 Å². The number of aromatic amines is 1. The number of carbonyl (C=O) groups excluding carboxylic acids is 2. The number of nitrogens with one attached hydrogen (secondary N) is 3. The Bertz CT molecular complexity index is 2490. The van der Waals surface area contributed by atoms with Crippen LogP contribution in [0, 0.1) is 20.8 Å². The van der Waals surface area contributed by atoms with Crippen LogP contribution in [0.2, 0.25) is 10.0 Å². The highest BCUT2D eigenvalue weighted by atomic mass is 35.5. The number of aryl methyl sites for hydroxylation is 2. The number of nitrogens with zero attached hydrogens (tertiary/aromatic N) is 6. The Hall–Kier alpha value is -5.35. The van der Waals surface area contributed by atoms with Crippen LogP contribution in [0.3, 0.4) is 0 Å². The van der Waals surface area contributed by atoms with Gasteiger partial charge in [0.25, 0.3) is 6.01 Å². The number of aromatic nitrogens is 6. The van der Waals surface area contributed by atoms with Crippen LogP contribution < -0.4 is 20.1 Å². The lowest BCUT2D eigenvalue weighted by atomic mass is 9.96. The van der Waals surface area contributed by atoms with Crippen molar-refractivity contribution < 1.29 is 23.8 Å². The first-order chi connectivity index (χ1) is 28.1. The predicted octanol–water partition coefficient (Wildman–Crippen LogP) is 7.04. The lowest BCUT2D eigenvalue weighted by molar-refractivity contribution is -0.125. The highest BCUT2D eigenvalue weighted by Gasteiger charge is 2.32. The second kappa shape index (κ2) is 17.2. The fourth-order valence-electron chi connectivity index (χ4n) is 6.73.